The Hall–Kier alpha value is -3.41. The van der Waals surface area contributed by atoms with Crippen molar-refractivity contribution in [3.05, 3.63) is 57.9 Å². The van der Waals surface area contributed by atoms with E-state index in [1.807, 2.05) is 0 Å². The van der Waals surface area contributed by atoms with Crippen LogP contribution in [-0.2, 0) is 13.7 Å². The van der Waals surface area contributed by atoms with E-state index in [1.165, 1.54) is 7.05 Å². The van der Waals surface area contributed by atoms with E-state index in [9.17, 15) is 4.79 Å². The Morgan fingerprint density at radius 2 is 2.23 bits per heavy atom. The van der Waals surface area contributed by atoms with Gasteiger partial charge in [-0.3, -0.25) is 0 Å². The average molecular weight is 297 g/mol. The molecule has 0 aliphatic rings. The number of hydrogen-bond acceptors (Lipinski definition) is 5. The van der Waals surface area contributed by atoms with Crippen LogP contribution in [0.15, 0.2) is 35.3 Å². The molecule has 0 spiro atoms. The summed E-state index contributed by atoms with van der Waals surface area (Å²) in [6.45, 7) is 7.37. The first-order valence-corrected chi connectivity index (χ1v) is 6.31. The first-order valence-electron chi connectivity index (χ1n) is 6.31. The normalized spacial score (nSPS) is 10.4. The van der Waals surface area contributed by atoms with Gasteiger partial charge < -0.3 is 4.74 Å². The predicted octanol–water partition coefficient (Wildman–Crippen LogP) is 0.819. The fraction of sp³-hybridized carbons (Fsp3) is 0.154. The molecule has 0 aliphatic carbocycles. The number of hydrogen-bond donors (Lipinski definition) is 1. The zero-order chi connectivity index (χ0) is 15.5. The van der Waals surface area contributed by atoms with Crippen molar-refractivity contribution < 1.29 is 4.74 Å². The SMILES string of the molecule is [C-]#[N+]c1cccc(-n2nnn(C)c2=O)c1COc1ccn[nH]1. The molecule has 9 heteroatoms. The lowest BCUT2D eigenvalue weighted by Crippen LogP contribution is -2.23. The van der Waals surface area contributed by atoms with E-state index in [2.05, 4.69) is 25.5 Å². The van der Waals surface area contributed by atoms with Gasteiger partial charge in [0.05, 0.1) is 18.5 Å². The summed E-state index contributed by atoms with van der Waals surface area (Å²) in [4.78, 5) is 15.5. The number of nitrogens with zero attached hydrogens (tertiary/aromatic N) is 6. The van der Waals surface area contributed by atoms with Crippen molar-refractivity contribution in [1.82, 2.24) is 30.0 Å². The predicted molar refractivity (Wildman–Crippen MR) is 75.8 cm³/mol. The van der Waals surface area contributed by atoms with Crippen LogP contribution < -0.4 is 10.4 Å². The van der Waals surface area contributed by atoms with Crippen LogP contribution in [0, 0.1) is 6.57 Å². The Kier molecular flexibility index (Phi) is 3.41. The lowest BCUT2D eigenvalue weighted by molar-refractivity contribution is 0.293. The molecule has 0 aliphatic heterocycles. The number of nitrogens with one attached hydrogen (secondary N) is 1. The topological polar surface area (TPSA) is 95.0 Å². The molecule has 0 amide bonds. The standard InChI is InChI=1S/C13H11N7O2/c1-14-10-4-3-5-11(20-13(21)19(2)17-18-20)9(10)8-22-12-6-7-15-16-12/h3-7H,8H2,2H3,(H,15,16). The summed E-state index contributed by atoms with van der Waals surface area (Å²) in [5.41, 5.74) is 1.00. The molecule has 110 valence electrons. The van der Waals surface area contributed by atoms with Gasteiger partial charge in [0, 0.05) is 18.7 Å². The number of tetrazole rings is 1. The van der Waals surface area contributed by atoms with Crippen LogP contribution >= 0.6 is 0 Å². The molecule has 0 saturated heterocycles. The summed E-state index contributed by atoms with van der Waals surface area (Å²) in [7, 11) is 1.51. The van der Waals surface area contributed by atoms with Gasteiger partial charge in [-0.15, -0.1) is 0 Å². The Morgan fingerprint density at radius 1 is 1.36 bits per heavy atom. The van der Waals surface area contributed by atoms with Gasteiger partial charge in [-0.25, -0.2) is 14.7 Å². The maximum atomic E-state index is 12.0. The van der Waals surface area contributed by atoms with E-state index in [-0.39, 0.29) is 6.61 Å². The highest BCUT2D eigenvalue weighted by Crippen LogP contribution is 2.26. The molecule has 0 fully saturated rings. The lowest BCUT2D eigenvalue weighted by Gasteiger charge is -2.10. The van der Waals surface area contributed by atoms with Gasteiger partial charge in [0.1, 0.15) is 6.61 Å². The molecule has 3 rings (SSSR count). The van der Waals surface area contributed by atoms with Crippen LogP contribution in [0.1, 0.15) is 5.56 Å². The van der Waals surface area contributed by atoms with Crippen molar-refractivity contribution in [2.24, 2.45) is 7.05 Å². The Balaban J connectivity index is 2.05. The van der Waals surface area contributed by atoms with Gasteiger partial charge in [-0.05, 0) is 16.5 Å². The minimum Gasteiger partial charge on any atom is -0.474 e. The van der Waals surface area contributed by atoms with Gasteiger partial charge in [-0.2, -0.15) is 14.5 Å². The van der Waals surface area contributed by atoms with E-state index < -0.39 is 5.69 Å². The van der Waals surface area contributed by atoms with Crippen molar-refractivity contribution in [2.75, 3.05) is 0 Å². The van der Waals surface area contributed by atoms with Gasteiger partial charge in [0.15, 0.2) is 5.69 Å². The quantitative estimate of drug-likeness (QED) is 0.719. The van der Waals surface area contributed by atoms with Gasteiger partial charge in [-0.1, -0.05) is 12.1 Å². The van der Waals surface area contributed by atoms with Crippen molar-refractivity contribution >= 4 is 5.69 Å². The molecule has 0 radical (unpaired) electrons. The zero-order valence-electron chi connectivity index (χ0n) is 11.6. The maximum Gasteiger partial charge on any atom is 0.368 e. The summed E-state index contributed by atoms with van der Waals surface area (Å²) in [5.74, 6) is 0.470. The third-order valence-electron chi connectivity index (χ3n) is 3.04. The molecule has 1 aromatic carbocycles. The summed E-state index contributed by atoms with van der Waals surface area (Å²) in [6, 6.07) is 6.69. The monoisotopic (exact) mass is 297 g/mol. The van der Waals surface area contributed by atoms with Crippen LogP contribution in [-0.4, -0.2) is 30.0 Å². The third-order valence-corrected chi connectivity index (χ3v) is 3.04. The second-order valence-electron chi connectivity index (χ2n) is 4.39. The van der Waals surface area contributed by atoms with Crippen molar-refractivity contribution in [3.63, 3.8) is 0 Å². The minimum atomic E-state index is -0.398. The number of aromatic amines is 1. The van der Waals surface area contributed by atoms with E-state index in [1.54, 1.807) is 30.5 Å². The Labute approximate surface area is 124 Å². The van der Waals surface area contributed by atoms with Gasteiger partial charge >= 0.3 is 5.69 Å². The van der Waals surface area contributed by atoms with E-state index >= 15 is 0 Å². The number of ether oxygens (including phenoxy) is 1. The van der Waals surface area contributed by atoms with Crippen LogP contribution in [0.25, 0.3) is 10.5 Å². The third kappa shape index (κ3) is 2.33. The van der Waals surface area contributed by atoms with Crippen LogP contribution in [0.3, 0.4) is 0 Å². The molecule has 0 bridgehead atoms. The van der Waals surface area contributed by atoms with E-state index in [0.717, 1.165) is 9.36 Å². The molecule has 0 unspecified atom stereocenters. The van der Waals surface area contributed by atoms with Crippen molar-refractivity contribution in [1.29, 1.82) is 0 Å². The van der Waals surface area contributed by atoms with E-state index in [0.29, 0.717) is 22.8 Å². The second-order valence-corrected chi connectivity index (χ2v) is 4.39. The average Bonchev–Trinajstić information content (AvgIpc) is 3.16. The molecule has 9 nitrogen and oxygen atoms in total. The highest BCUT2D eigenvalue weighted by Gasteiger charge is 2.15. The molecule has 0 saturated carbocycles. The number of rotatable bonds is 4. The number of H-pyrrole nitrogens is 1. The summed E-state index contributed by atoms with van der Waals surface area (Å²) < 4.78 is 7.81. The fourth-order valence-electron chi connectivity index (χ4n) is 1.95. The fourth-order valence-corrected chi connectivity index (χ4v) is 1.95. The minimum absolute atomic E-state index is 0.0963. The smallest absolute Gasteiger partial charge is 0.368 e. The van der Waals surface area contributed by atoms with Crippen molar-refractivity contribution in [3.8, 4) is 11.6 Å². The summed E-state index contributed by atoms with van der Waals surface area (Å²) in [5, 5.41) is 13.9. The lowest BCUT2D eigenvalue weighted by atomic mass is 10.1. The molecule has 1 N–H and O–H groups in total. The van der Waals surface area contributed by atoms with Crippen LogP contribution in [0.4, 0.5) is 5.69 Å². The highest BCUT2D eigenvalue weighted by molar-refractivity contribution is 5.60. The Bertz CT molecular complexity index is 886. The second kappa shape index (κ2) is 5.53. The maximum absolute atomic E-state index is 12.0. The molecule has 2 heterocycles. The molecule has 22 heavy (non-hydrogen) atoms. The van der Waals surface area contributed by atoms with E-state index in [4.69, 9.17) is 11.3 Å². The first kappa shape index (κ1) is 13.6. The first-order chi connectivity index (χ1) is 10.7. The van der Waals surface area contributed by atoms with Crippen LogP contribution in [0.5, 0.6) is 5.88 Å². The summed E-state index contributed by atoms with van der Waals surface area (Å²) in [6.07, 6.45) is 1.56. The van der Waals surface area contributed by atoms with Gasteiger partial charge in [0.25, 0.3) is 0 Å². The number of aromatic nitrogens is 6. The molecular formula is C13H11N7O2. The molecule has 3 aromatic rings. The molecule has 0 atom stereocenters. The zero-order valence-corrected chi connectivity index (χ0v) is 11.6. The number of aryl methyl sites for hydroxylation is 1. The number of benzene rings is 1. The van der Waals surface area contributed by atoms with Crippen molar-refractivity contribution in [2.45, 2.75) is 6.61 Å². The molecular weight excluding hydrogens is 286 g/mol. The largest absolute Gasteiger partial charge is 0.474 e. The molecule has 2 aromatic heterocycles. The Morgan fingerprint density at radius 3 is 2.86 bits per heavy atom. The highest BCUT2D eigenvalue weighted by atomic mass is 16.5. The summed E-state index contributed by atoms with van der Waals surface area (Å²) >= 11 is 0. The van der Waals surface area contributed by atoms with Crippen LogP contribution in [0.2, 0.25) is 0 Å². The van der Waals surface area contributed by atoms with Gasteiger partial charge in [0.2, 0.25) is 5.88 Å².